The molecule has 1 aromatic rings. The molecule has 1 aromatic carbocycles. The second kappa shape index (κ2) is 5.80. The first-order valence-electron chi connectivity index (χ1n) is 5.75. The average Bonchev–Trinajstić information content (AvgIpc) is 2.86. The Labute approximate surface area is 124 Å². The second-order valence-electron chi connectivity index (χ2n) is 4.37. The number of thioether (sulfide) groups is 1. The molecule has 0 N–H and O–H groups in total. The van der Waals surface area contributed by atoms with Gasteiger partial charge in [0.05, 0.1) is 10.8 Å². The lowest BCUT2D eigenvalue weighted by molar-refractivity contribution is -0.385. The number of nitro groups is 1. The lowest BCUT2D eigenvalue weighted by Crippen LogP contribution is -2.40. The van der Waals surface area contributed by atoms with Crippen molar-refractivity contribution in [3.05, 3.63) is 39.4 Å². The minimum absolute atomic E-state index is 0.0135. The van der Waals surface area contributed by atoms with Crippen molar-refractivity contribution in [2.75, 3.05) is 11.6 Å². The number of halogens is 1. The summed E-state index contributed by atoms with van der Waals surface area (Å²) in [5.74, 6) is 0.171. The third-order valence-electron chi connectivity index (χ3n) is 2.98. The Morgan fingerprint density at radius 3 is 2.80 bits per heavy atom. The van der Waals surface area contributed by atoms with Crippen LogP contribution in [0.15, 0.2) is 18.2 Å². The molecule has 8 heteroatoms. The Kier molecular flexibility index (Phi) is 4.29. The molecule has 1 aliphatic heterocycles. The van der Waals surface area contributed by atoms with Crippen molar-refractivity contribution < 1.29 is 14.5 Å². The van der Waals surface area contributed by atoms with Gasteiger partial charge < -0.3 is 4.90 Å². The number of carbonyl (C=O) groups excluding carboxylic acids is 2. The highest BCUT2D eigenvalue weighted by atomic mass is 35.5. The van der Waals surface area contributed by atoms with E-state index < -0.39 is 22.1 Å². The molecule has 0 radical (unpaired) electrons. The zero-order valence-corrected chi connectivity index (χ0v) is 12.1. The van der Waals surface area contributed by atoms with E-state index in [1.807, 2.05) is 0 Å². The summed E-state index contributed by atoms with van der Waals surface area (Å²) in [7, 11) is 0. The van der Waals surface area contributed by atoms with E-state index in [1.165, 1.54) is 28.8 Å². The van der Waals surface area contributed by atoms with Gasteiger partial charge in [-0.25, -0.2) is 0 Å². The van der Waals surface area contributed by atoms with Gasteiger partial charge in [-0.15, -0.1) is 11.8 Å². The Balaban J connectivity index is 2.40. The van der Waals surface area contributed by atoms with Crippen LogP contribution in [0.25, 0.3) is 0 Å². The molecule has 1 heterocycles. The number of benzene rings is 1. The number of rotatable bonds is 3. The molecule has 1 aliphatic rings. The lowest BCUT2D eigenvalue weighted by Gasteiger charge is -2.20. The summed E-state index contributed by atoms with van der Waals surface area (Å²) >= 11 is 6.85. The molecule has 0 spiro atoms. The number of aryl methyl sites for hydroxylation is 1. The van der Waals surface area contributed by atoms with Gasteiger partial charge in [-0.1, -0.05) is 6.07 Å². The molecule has 20 heavy (non-hydrogen) atoms. The summed E-state index contributed by atoms with van der Waals surface area (Å²) in [6.45, 7) is 1.74. The van der Waals surface area contributed by atoms with Crippen molar-refractivity contribution in [2.24, 2.45) is 0 Å². The van der Waals surface area contributed by atoms with Crippen LogP contribution in [-0.2, 0) is 4.79 Å². The maximum atomic E-state index is 12.4. The quantitative estimate of drug-likeness (QED) is 0.485. The van der Waals surface area contributed by atoms with Crippen molar-refractivity contribution in [3.8, 4) is 0 Å². The Hall–Kier alpha value is -1.60. The largest absolute Gasteiger partial charge is 0.317 e. The molecule has 0 aliphatic carbocycles. The van der Waals surface area contributed by atoms with Crippen LogP contribution in [0.2, 0.25) is 0 Å². The third-order valence-corrected chi connectivity index (χ3v) is 4.25. The van der Waals surface area contributed by atoms with E-state index in [-0.39, 0.29) is 11.3 Å². The molecule has 1 atom stereocenters. The first-order valence-corrected chi connectivity index (χ1v) is 7.28. The Morgan fingerprint density at radius 2 is 2.20 bits per heavy atom. The van der Waals surface area contributed by atoms with Crippen LogP contribution < -0.4 is 0 Å². The van der Waals surface area contributed by atoms with Gasteiger partial charge in [-0.2, -0.15) is 0 Å². The number of hydrogen-bond donors (Lipinski definition) is 0. The highest BCUT2D eigenvalue weighted by Crippen LogP contribution is 2.28. The number of hydrogen-bond acceptors (Lipinski definition) is 5. The van der Waals surface area contributed by atoms with Gasteiger partial charge in [-0.05, 0) is 30.2 Å². The molecule has 0 bridgehead atoms. The molecule has 1 unspecified atom stereocenters. The average molecular weight is 315 g/mol. The molecule has 106 valence electrons. The predicted octanol–water partition coefficient (Wildman–Crippen LogP) is 2.18. The summed E-state index contributed by atoms with van der Waals surface area (Å²) in [5, 5.41) is 10.4. The summed E-state index contributed by atoms with van der Waals surface area (Å²) in [4.78, 5) is 35.4. The van der Waals surface area contributed by atoms with Crippen molar-refractivity contribution in [2.45, 2.75) is 13.0 Å². The first-order chi connectivity index (χ1) is 9.41. The van der Waals surface area contributed by atoms with Gasteiger partial charge in [0.2, 0.25) is 5.24 Å². The van der Waals surface area contributed by atoms with E-state index in [2.05, 4.69) is 0 Å². The van der Waals surface area contributed by atoms with Crippen LogP contribution in [0.4, 0.5) is 5.69 Å². The molecular weight excluding hydrogens is 304 g/mol. The maximum absolute atomic E-state index is 12.4. The fraction of sp³-hybridized carbons (Fsp3) is 0.333. The minimum Gasteiger partial charge on any atom is -0.317 e. The Bertz CT molecular complexity index is 593. The van der Waals surface area contributed by atoms with Gasteiger partial charge in [0.1, 0.15) is 11.6 Å². The monoisotopic (exact) mass is 314 g/mol. The number of nitro benzene ring substituents is 1. The first kappa shape index (κ1) is 14.8. The van der Waals surface area contributed by atoms with Crippen LogP contribution in [-0.4, -0.2) is 38.6 Å². The molecule has 0 saturated carbocycles. The summed E-state index contributed by atoms with van der Waals surface area (Å²) in [5.41, 5.74) is 0.457. The van der Waals surface area contributed by atoms with Gasteiger partial charge >= 0.3 is 0 Å². The van der Waals surface area contributed by atoms with E-state index in [0.717, 1.165) is 5.56 Å². The summed E-state index contributed by atoms with van der Waals surface area (Å²) < 4.78 is 0. The van der Waals surface area contributed by atoms with E-state index in [0.29, 0.717) is 11.6 Å². The van der Waals surface area contributed by atoms with E-state index >= 15 is 0 Å². The van der Waals surface area contributed by atoms with Crippen molar-refractivity contribution >= 4 is 40.2 Å². The van der Waals surface area contributed by atoms with Gasteiger partial charge in [-0.3, -0.25) is 19.7 Å². The standard InChI is InChI=1S/C12H11ClN2O4S/c1-7-2-3-9(15(18)19)8(4-7)12(17)14-6-20-5-10(14)11(13)16/h2-4,10H,5-6H2,1H3. The van der Waals surface area contributed by atoms with Crippen LogP contribution in [0.5, 0.6) is 0 Å². The number of amides is 1. The normalized spacial score (nSPS) is 18.1. The van der Waals surface area contributed by atoms with Crippen LogP contribution >= 0.6 is 23.4 Å². The molecule has 1 saturated heterocycles. The molecule has 0 aromatic heterocycles. The molecule has 1 fully saturated rings. The molecule has 6 nitrogen and oxygen atoms in total. The van der Waals surface area contributed by atoms with Crippen LogP contribution in [0.3, 0.4) is 0 Å². The number of nitrogens with zero attached hydrogens (tertiary/aromatic N) is 2. The Morgan fingerprint density at radius 1 is 1.50 bits per heavy atom. The zero-order chi connectivity index (χ0) is 14.9. The summed E-state index contributed by atoms with van der Waals surface area (Å²) in [6, 6.07) is 3.59. The second-order valence-corrected chi connectivity index (χ2v) is 5.74. The topological polar surface area (TPSA) is 80.5 Å². The van der Waals surface area contributed by atoms with E-state index in [1.54, 1.807) is 13.0 Å². The van der Waals surface area contributed by atoms with Crippen LogP contribution in [0, 0.1) is 17.0 Å². The van der Waals surface area contributed by atoms with Gasteiger partial charge in [0, 0.05) is 11.8 Å². The van der Waals surface area contributed by atoms with Crippen LogP contribution in [0.1, 0.15) is 15.9 Å². The predicted molar refractivity (Wildman–Crippen MR) is 76.0 cm³/mol. The van der Waals surface area contributed by atoms with Gasteiger partial charge in [0.15, 0.2) is 0 Å². The van der Waals surface area contributed by atoms with E-state index in [9.17, 15) is 19.7 Å². The van der Waals surface area contributed by atoms with Crippen molar-refractivity contribution in [1.29, 1.82) is 0 Å². The zero-order valence-electron chi connectivity index (χ0n) is 10.5. The number of carbonyl (C=O) groups is 2. The smallest absolute Gasteiger partial charge is 0.282 e. The highest BCUT2D eigenvalue weighted by molar-refractivity contribution is 7.99. The van der Waals surface area contributed by atoms with Gasteiger partial charge in [0.25, 0.3) is 11.6 Å². The van der Waals surface area contributed by atoms with Crippen molar-refractivity contribution in [1.82, 2.24) is 4.90 Å². The SMILES string of the molecule is Cc1ccc([N+](=O)[O-])c(C(=O)N2CSCC2C(=O)Cl)c1. The van der Waals surface area contributed by atoms with Crippen molar-refractivity contribution in [3.63, 3.8) is 0 Å². The fourth-order valence-electron chi connectivity index (χ4n) is 1.97. The molecular formula is C12H11ClN2O4S. The maximum Gasteiger partial charge on any atom is 0.282 e. The molecule has 1 amide bonds. The fourth-order valence-corrected chi connectivity index (χ4v) is 3.41. The summed E-state index contributed by atoms with van der Waals surface area (Å²) in [6.07, 6.45) is 0. The lowest BCUT2D eigenvalue weighted by atomic mass is 10.1. The van der Waals surface area contributed by atoms with E-state index in [4.69, 9.17) is 11.6 Å². The molecule has 2 rings (SSSR count). The highest BCUT2D eigenvalue weighted by Gasteiger charge is 2.36. The third kappa shape index (κ3) is 2.78. The minimum atomic E-state index is -0.728.